The van der Waals surface area contributed by atoms with Crippen molar-refractivity contribution in [2.75, 3.05) is 33.5 Å². The van der Waals surface area contributed by atoms with E-state index in [0.29, 0.717) is 12.6 Å². The summed E-state index contributed by atoms with van der Waals surface area (Å²) in [6.07, 6.45) is 3.06. The number of nitrogens with one attached hydrogen (secondary N) is 1. The minimum Gasteiger partial charge on any atom is -0.493 e. The van der Waals surface area contributed by atoms with Gasteiger partial charge < -0.3 is 24.3 Å². The van der Waals surface area contributed by atoms with Crippen molar-refractivity contribution in [2.24, 2.45) is 0 Å². The molecule has 0 radical (unpaired) electrons. The van der Waals surface area contributed by atoms with Crippen molar-refractivity contribution in [2.45, 2.75) is 44.4 Å². The van der Waals surface area contributed by atoms with Gasteiger partial charge >= 0.3 is 0 Å². The number of ether oxygens (including phenoxy) is 4. The van der Waals surface area contributed by atoms with E-state index >= 15 is 0 Å². The topological polar surface area (TPSA) is 49.0 Å². The van der Waals surface area contributed by atoms with Gasteiger partial charge in [-0.15, -0.1) is 0 Å². The summed E-state index contributed by atoms with van der Waals surface area (Å²) in [5, 5.41) is 3.66. The molecule has 1 N–H and O–H groups in total. The Hall–Kier alpha value is -1.30. The van der Waals surface area contributed by atoms with E-state index in [9.17, 15) is 0 Å². The molecule has 5 nitrogen and oxygen atoms in total. The van der Waals surface area contributed by atoms with Crippen LogP contribution < -0.4 is 14.8 Å². The standard InChI is InChI=1S/C18H27NO4/c1-3-22-16-6-4-5-14(17(16)20-2)12-19-15-7-9-23-18(11-15)8-10-21-13-18/h4-6,15,19H,3,7-13H2,1-2H3/t15-,18+/m1/s1. The molecule has 0 amide bonds. The van der Waals surface area contributed by atoms with Gasteiger partial charge in [0.25, 0.3) is 0 Å². The van der Waals surface area contributed by atoms with Crippen LogP contribution in [0.15, 0.2) is 18.2 Å². The normalized spacial score (nSPS) is 27.3. The van der Waals surface area contributed by atoms with Crippen LogP contribution in [0.4, 0.5) is 0 Å². The van der Waals surface area contributed by atoms with Gasteiger partial charge in [-0.3, -0.25) is 0 Å². The molecular formula is C18H27NO4. The third kappa shape index (κ3) is 3.79. The predicted molar refractivity (Wildman–Crippen MR) is 88.1 cm³/mol. The Morgan fingerprint density at radius 2 is 2.26 bits per heavy atom. The molecule has 1 aromatic rings. The molecule has 2 aliphatic heterocycles. The summed E-state index contributed by atoms with van der Waals surface area (Å²) in [6, 6.07) is 6.50. The Morgan fingerprint density at radius 3 is 3.00 bits per heavy atom. The Morgan fingerprint density at radius 1 is 1.35 bits per heavy atom. The van der Waals surface area contributed by atoms with Gasteiger partial charge in [0, 0.05) is 37.8 Å². The van der Waals surface area contributed by atoms with Crippen LogP contribution in [0.2, 0.25) is 0 Å². The number of para-hydroxylation sites is 1. The van der Waals surface area contributed by atoms with E-state index in [1.807, 2.05) is 19.1 Å². The van der Waals surface area contributed by atoms with Crippen LogP contribution in [0.3, 0.4) is 0 Å². The van der Waals surface area contributed by atoms with E-state index in [4.69, 9.17) is 18.9 Å². The van der Waals surface area contributed by atoms with E-state index < -0.39 is 0 Å². The first kappa shape index (κ1) is 16.6. The molecule has 2 heterocycles. The second-order valence-electron chi connectivity index (χ2n) is 6.29. The second kappa shape index (κ2) is 7.51. The molecule has 2 fully saturated rings. The fourth-order valence-electron chi connectivity index (χ4n) is 3.52. The Labute approximate surface area is 138 Å². The highest BCUT2D eigenvalue weighted by molar-refractivity contribution is 5.46. The maximum Gasteiger partial charge on any atom is 0.165 e. The van der Waals surface area contributed by atoms with Crippen molar-refractivity contribution < 1.29 is 18.9 Å². The van der Waals surface area contributed by atoms with Gasteiger partial charge in [-0.1, -0.05) is 12.1 Å². The van der Waals surface area contributed by atoms with Crippen LogP contribution in [-0.4, -0.2) is 45.2 Å². The zero-order valence-corrected chi connectivity index (χ0v) is 14.1. The molecule has 0 unspecified atom stereocenters. The average molecular weight is 321 g/mol. The van der Waals surface area contributed by atoms with Crippen LogP contribution in [0, 0.1) is 0 Å². The van der Waals surface area contributed by atoms with E-state index in [1.54, 1.807) is 7.11 Å². The average Bonchev–Trinajstić information content (AvgIpc) is 3.01. The van der Waals surface area contributed by atoms with E-state index in [1.165, 1.54) is 0 Å². The lowest BCUT2D eigenvalue weighted by molar-refractivity contribution is -0.0894. The van der Waals surface area contributed by atoms with Crippen molar-refractivity contribution in [1.82, 2.24) is 5.32 Å². The zero-order valence-electron chi connectivity index (χ0n) is 14.1. The van der Waals surface area contributed by atoms with Gasteiger partial charge in [0.2, 0.25) is 0 Å². The smallest absolute Gasteiger partial charge is 0.165 e. The highest BCUT2D eigenvalue weighted by Crippen LogP contribution is 2.34. The molecule has 0 bridgehead atoms. The summed E-state index contributed by atoms with van der Waals surface area (Å²) in [5.74, 6) is 1.63. The molecule has 5 heteroatoms. The lowest BCUT2D eigenvalue weighted by Crippen LogP contribution is -2.47. The third-order valence-corrected chi connectivity index (χ3v) is 4.71. The molecule has 128 valence electrons. The highest BCUT2D eigenvalue weighted by Gasteiger charge is 2.40. The third-order valence-electron chi connectivity index (χ3n) is 4.71. The molecule has 2 saturated heterocycles. The maximum atomic E-state index is 5.99. The fourth-order valence-corrected chi connectivity index (χ4v) is 3.52. The fraction of sp³-hybridized carbons (Fsp3) is 0.667. The van der Waals surface area contributed by atoms with E-state index in [-0.39, 0.29) is 5.60 Å². The molecule has 2 aliphatic rings. The van der Waals surface area contributed by atoms with Crippen molar-refractivity contribution in [3.05, 3.63) is 23.8 Å². The monoisotopic (exact) mass is 321 g/mol. The SMILES string of the molecule is CCOc1cccc(CN[C@@H]2CCO[C@@]3(CCOC3)C2)c1OC. The lowest BCUT2D eigenvalue weighted by Gasteiger charge is -2.37. The summed E-state index contributed by atoms with van der Waals surface area (Å²) < 4.78 is 22.7. The van der Waals surface area contributed by atoms with Crippen molar-refractivity contribution in [3.8, 4) is 11.5 Å². The molecule has 1 aromatic carbocycles. The van der Waals surface area contributed by atoms with Crippen LogP contribution >= 0.6 is 0 Å². The first-order valence-electron chi connectivity index (χ1n) is 8.50. The quantitative estimate of drug-likeness (QED) is 0.872. The van der Waals surface area contributed by atoms with Gasteiger partial charge in [0.1, 0.15) is 0 Å². The van der Waals surface area contributed by atoms with Crippen LogP contribution in [0.25, 0.3) is 0 Å². The van der Waals surface area contributed by atoms with Gasteiger partial charge in [0.15, 0.2) is 11.5 Å². The lowest BCUT2D eigenvalue weighted by atomic mass is 9.89. The number of methoxy groups -OCH3 is 1. The molecular weight excluding hydrogens is 294 g/mol. The van der Waals surface area contributed by atoms with Gasteiger partial charge in [0.05, 0.1) is 25.9 Å². The molecule has 0 saturated carbocycles. The first-order chi connectivity index (χ1) is 11.3. The summed E-state index contributed by atoms with van der Waals surface area (Å²) >= 11 is 0. The Bertz CT molecular complexity index is 514. The van der Waals surface area contributed by atoms with Crippen LogP contribution in [-0.2, 0) is 16.0 Å². The van der Waals surface area contributed by atoms with Crippen molar-refractivity contribution in [3.63, 3.8) is 0 Å². The van der Waals surface area contributed by atoms with Crippen molar-refractivity contribution >= 4 is 0 Å². The highest BCUT2D eigenvalue weighted by atomic mass is 16.6. The Balaban J connectivity index is 1.62. The summed E-state index contributed by atoms with van der Waals surface area (Å²) in [4.78, 5) is 0. The minimum absolute atomic E-state index is 0.0623. The Kier molecular flexibility index (Phi) is 5.41. The van der Waals surface area contributed by atoms with Gasteiger partial charge in [-0.05, 0) is 25.8 Å². The first-order valence-corrected chi connectivity index (χ1v) is 8.50. The summed E-state index contributed by atoms with van der Waals surface area (Å²) in [7, 11) is 1.70. The van der Waals surface area contributed by atoms with Gasteiger partial charge in [-0.2, -0.15) is 0 Å². The number of hydrogen-bond donors (Lipinski definition) is 1. The second-order valence-corrected chi connectivity index (χ2v) is 6.29. The minimum atomic E-state index is -0.0623. The molecule has 1 spiro atoms. The molecule has 0 aromatic heterocycles. The van der Waals surface area contributed by atoms with Crippen molar-refractivity contribution in [1.29, 1.82) is 0 Å². The van der Waals surface area contributed by atoms with E-state index in [0.717, 1.165) is 62.7 Å². The molecule has 23 heavy (non-hydrogen) atoms. The van der Waals surface area contributed by atoms with Crippen LogP contribution in [0.5, 0.6) is 11.5 Å². The number of hydrogen-bond acceptors (Lipinski definition) is 5. The molecule has 2 atom stereocenters. The van der Waals surface area contributed by atoms with E-state index in [2.05, 4.69) is 11.4 Å². The van der Waals surface area contributed by atoms with Crippen LogP contribution in [0.1, 0.15) is 31.7 Å². The number of benzene rings is 1. The summed E-state index contributed by atoms with van der Waals surface area (Å²) in [5.41, 5.74) is 1.06. The van der Waals surface area contributed by atoms with Gasteiger partial charge in [-0.25, -0.2) is 0 Å². The predicted octanol–water partition coefficient (Wildman–Crippen LogP) is 2.52. The summed E-state index contributed by atoms with van der Waals surface area (Å²) in [6.45, 7) is 5.74. The molecule has 0 aliphatic carbocycles. The largest absolute Gasteiger partial charge is 0.493 e. The number of rotatable bonds is 6. The maximum absolute atomic E-state index is 5.99. The zero-order chi connectivity index (χ0) is 16.1. The molecule has 3 rings (SSSR count).